The van der Waals surface area contributed by atoms with Gasteiger partial charge < -0.3 is 4.90 Å². The summed E-state index contributed by atoms with van der Waals surface area (Å²) in [5, 5.41) is 1.25. The Kier molecular flexibility index (Phi) is 2.28. The lowest BCUT2D eigenvalue weighted by atomic mass is 10.1. The molecule has 1 aromatic heterocycles. The van der Waals surface area contributed by atoms with Gasteiger partial charge in [-0.2, -0.15) is 0 Å². The number of para-hydroxylation sites is 1. The molecule has 0 aliphatic carbocycles. The van der Waals surface area contributed by atoms with E-state index in [9.17, 15) is 0 Å². The Morgan fingerprint density at radius 2 is 1.88 bits per heavy atom. The van der Waals surface area contributed by atoms with Gasteiger partial charge in [0.05, 0.1) is 11.2 Å². The molecule has 2 nitrogen and oxygen atoms in total. The fraction of sp³-hybridized carbons (Fsp3) is 0.357. The minimum Gasteiger partial charge on any atom is -0.370 e. The molecule has 0 atom stereocenters. The van der Waals surface area contributed by atoms with Crippen LogP contribution in [0.4, 0.5) is 5.69 Å². The summed E-state index contributed by atoms with van der Waals surface area (Å²) in [6.07, 6.45) is 2.62. The molecule has 0 N–H and O–H groups in total. The number of hydrogen-bond donors (Lipinski definition) is 0. The van der Waals surface area contributed by atoms with Crippen molar-refractivity contribution in [1.29, 1.82) is 0 Å². The van der Waals surface area contributed by atoms with Crippen LogP contribution in [0.5, 0.6) is 0 Å². The molecule has 0 spiro atoms. The molecular weight excluding hydrogens is 196 g/mol. The Balaban J connectivity index is 2.18. The highest BCUT2D eigenvalue weighted by Crippen LogP contribution is 2.27. The predicted octanol–water partition coefficient (Wildman–Crippen LogP) is 3.14. The number of pyridine rings is 1. The van der Waals surface area contributed by atoms with Crippen LogP contribution in [0.1, 0.15) is 18.5 Å². The third-order valence-electron chi connectivity index (χ3n) is 3.28. The van der Waals surface area contributed by atoms with E-state index in [1.165, 1.54) is 37.0 Å². The van der Waals surface area contributed by atoms with Crippen molar-refractivity contribution in [2.24, 2.45) is 0 Å². The molecule has 1 aromatic carbocycles. The number of hydrogen-bond acceptors (Lipinski definition) is 2. The van der Waals surface area contributed by atoms with Crippen LogP contribution in [0.2, 0.25) is 0 Å². The Hall–Kier alpha value is -1.57. The summed E-state index contributed by atoms with van der Waals surface area (Å²) >= 11 is 0. The molecule has 2 heteroatoms. The van der Waals surface area contributed by atoms with E-state index in [-0.39, 0.29) is 0 Å². The summed E-state index contributed by atoms with van der Waals surface area (Å²) in [7, 11) is 0. The molecule has 0 unspecified atom stereocenters. The van der Waals surface area contributed by atoms with E-state index in [4.69, 9.17) is 0 Å². The number of aromatic nitrogens is 1. The van der Waals surface area contributed by atoms with Crippen molar-refractivity contribution in [3.05, 3.63) is 36.0 Å². The van der Waals surface area contributed by atoms with Gasteiger partial charge in [0.15, 0.2) is 0 Å². The van der Waals surface area contributed by atoms with Crippen LogP contribution < -0.4 is 4.90 Å². The highest BCUT2D eigenvalue weighted by atomic mass is 15.1. The molecule has 2 aromatic rings. The quantitative estimate of drug-likeness (QED) is 0.722. The number of benzene rings is 1. The average molecular weight is 212 g/mol. The monoisotopic (exact) mass is 212 g/mol. The Morgan fingerprint density at radius 1 is 1.06 bits per heavy atom. The van der Waals surface area contributed by atoms with E-state index in [1.54, 1.807) is 0 Å². The SMILES string of the molecule is Cc1ccc2cccc(N3CCCC3)c2n1. The summed E-state index contributed by atoms with van der Waals surface area (Å²) < 4.78 is 0. The second-order valence-corrected chi connectivity index (χ2v) is 4.50. The minimum absolute atomic E-state index is 1.10. The van der Waals surface area contributed by atoms with Gasteiger partial charge >= 0.3 is 0 Å². The van der Waals surface area contributed by atoms with Gasteiger partial charge in [-0.1, -0.05) is 18.2 Å². The molecule has 2 heterocycles. The molecule has 82 valence electrons. The van der Waals surface area contributed by atoms with Gasteiger partial charge in [-0.25, -0.2) is 0 Å². The maximum Gasteiger partial charge on any atom is 0.0938 e. The molecule has 0 bridgehead atoms. The molecule has 1 saturated heterocycles. The van der Waals surface area contributed by atoms with Gasteiger partial charge in [-0.15, -0.1) is 0 Å². The molecular formula is C14H16N2. The third-order valence-corrected chi connectivity index (χ3v) is 3.28. The van der Waals surface area contributed by atoms with E-state index in [2.05, 4.69) is 47.1 Å². The lowest BCUT2D eigenvalue weighted by Crippen LogP contribution is -2.18. The second kappa shape index (κ2) is 3.78. The maximum absolute atomic E-state index is 4.68. The van der Waals surface area contributed by atoms with Crippen LogP contribution in [0.3, 0.4) is 0 Å². The van der Waals surface area contributed by atoms with Gasteiger partial charge in [-0.3, -0.25) is 4.98 Å². The smallest absolute Gasteiger partial charge is 0.0938 e. The van der Waals surface area contributed by atoms with E-state index in [1.807, 2.05) is 0 Å². The zero-order valence-corrected chi connectivity index (χ0v) is 9.61. The first kappa shape index (κ1) is 9.64. The zero-order valence-electron chi connectivity index (χ0n) is 9.61. The first-order valence-electron chi connectivity index (χ1n) is 5.96. The molecule has 0 amide bonds. The third kappa shape index (κ3) is 1.54. The summed E-state index contributed by atoms with van der Waals surface area (Å²) in [4.78, 5) is 7.13. The lowest BCUT2D eigenvalue weighted by molar-refractivity contribution is 0.949. The van der Waals surface area contributed by atoms with E-state index in [0.717, 1.165) is 11.2 Å². The Bertz CT molecular complexity index is 513. The molecule has 1 aliphatic rings. The zero-order chi connectivity index (χ0) is 11.0. The maximum atomic E-state index is 4.68. The Morgan fingerprint density at radius 3 is 2.69 bits per heavy atom. The number of fused-ring (bicyclic) bond motifs is 1. The number of aryl methyl sites for hydroxylation is 1. The molecule has 0 radical (unpaired) electrons. The number of nitrogens with zero attached hydrogens (tertiary/aromatic N) is 2. The van der Waals surface area contributed by atoms with Crippen molar-refractivity contribution in [1.82, 2.24) is 4.98 Å². The first-order valence-corrected chi connectivity index (χ1v) is 5.96. The lowest BCUT2D eigenvalue weighted by Gasteiger charge is -2.19. The number of rotatable bonds is 1. The van der Waals surface area contributed by atoms with Crippen LogP contribution in [-0.2, 0) is 0 Å². The van der Waals surface area contributed by atoms with Gasteiger partial charge in [0.2, 0.25) is 0 Å². The van der Waals surface area contributed by atoms with E-state index in [0.29, 0.717) is 0 Å². The summed E-state index contributed by atoms with van der Waals surface area (Å²) in [6, 6.07) is 10.7. The van der Waals surface area contributed by atoms with Crippen molar-refractivity contribution >= 4 is 16.6 Å². The first-order chi connectivity index (χ1) is 7.84. The van der Waals surface area contributed by atoms with E-state index >= 15 is 0 Å². The standard InChI is InChI=1S/C14H16N2/c1-11-7-8-12-5-4-6-13(14(12)15-11)16-9-2-3-10-16/h4-8H,2-3,9-10H2,1H3. The van der Waals surface area contributed by atoms with Gasteiger partial charge in [0.25, 0.3) is 0 Å². The fourth-order valence-corrected chi connectivity index (χ4v) is 2.44. The molecule has 16 heavy (non-hydrogen) atoms. The Labute approximate surface area is 95.9 Å². The molecule has 1 fully saturated rings. The minimum atomic E-state index is 1.10. The average Bonchev–Trinajstić information content (AvgIpc) is 2.81. The van der Waals surface area contributed by atoms with Crippen LogP contribution in [-0.4, -0.2) is 18.1 Å². The molecule has 0 saturated carbocycles. The highest BCUT2D eigenvalue weighted by Gasteiger charge is 2.15. The van der Waals surface area contributed by atoms with Crippen molar-refractivity contribution in [2.75, 3.05) is 18.0 Å². The molecule has 3 rings (SSSR count). The van der Waals surface area contributed by atoms with Crippen molar-refractivity contribution in [3.63, 3.8) is 0 Å². The second-order valence-electron chi connectivity index (χ2n) is 4.50. The van der Waals surface area contributed by atoms with Gasteiger partial charge in [0.1, 0.15) is 0 Å². The van der Waals surface area contributed by atoms with Crippen LogP contribution in [0.25, 0.3) is 10.9 Å². The van der Waals surface area contributed by atoms with Crippen molar-refractivity contribution in [2.45, 2.75) is 19.8 Å². The van der Waals surface area contributed by atoms with Crippen molar-refractivity contribution < 1.29 is 0 Å². The van der Waals surface area contributed by atoms with Crippen molar-refractivity contribution in [3.8, 4) is 0 Å². The highest BCUT2D eigenvalue weighted by molar-refractivity contribution is 5.91. The van der Waals surface area contributed by atoms with Crippen LogP contribution in [0.15, 0.2) is 30.3 Å². The summed E-state index contributed by atoms with van der Waals surface area (Å²) in [5.74, 6) is 0. The summed E-state index contributed by atoms with van der Waals surface area (Å²) in [5.41, 5.74) is 3.56. The number of anilines is 1. The fourth-order valence-electron chi connectivity index (χ4n) is 2.44. The van der Waals surface area contributed by atoms with Crippen LogP contribution in [0, 0.1) is 6.92 Å². The van der Waals surface area contributed by atoms with Gasteiger partial charge in [0, 0.05) is 24.2 Å². The molecule has 1 aliphatic heterocycles. The topological polar surface area (TPSA) is 16.1 Å². The largest absolute Gasteiger partial charge is 0.370 e. The normalized spacial score (nSPS) is 15.9. The summed E-state index contributed by atoms with van der Waals surface area (Å²) in [6.45, 7) is 4.41. The van der Waals surface area contributed by atoms with Crippen LogP contribution >= 0.6 is 0 Å². The van der Waals surface area contributed by atoms with E-state index < -0.39 is 0 Å². The van der Waals surface area contributed by atoms with Gasteiger partial charge in [-0.05, 0) is 31.9 Å². The predicted molar refractivity (Wildman–Crippen MR) is 67.9 cm³/mol.